The average molecular weight is 204 g/mol. The largest absolute Gasteiger partial charge is 0.383 e. The summed E-state index contributed by atoms with van der Waals surface area (Å²) in [4.78, 5) is 0. The molecular weight excluding hydrogens is 188 g/mol. The molecule has 4 nitrogen and oxygen atoms in total. The minimum atomic E-state index is 0.570. The molecule has 2 aliphatic rings. The Hall–Kier alpha value is -1.29. The zero-order valence-corrected chi connectivity index (χ0v) is 8.74. The lowest BCUT2D eigenvalue weighted by molar-refractivity contribution is 0.651. The standard InChI is InChI=1S/C11H16N4/c12-11-10(8-3-5-13-6-4-8)7-14-15(11)9-1-2-9/h3,7,9,13H,1-2,4-6,12H2. The van der Waals surface area contributed by atoms with Crippen LogP contribution in [0.4, 0.5) is 5.82 Å². The monoisotopic (exact) mass is 204 g/mol. The van der Waals surface area contributed by atoms with Crippen molar-refractivity contribution >= 4 is 11.4 Å². The van der Waals surface area contributed by atoms with E-state index in [0.29, 0.717) is 6.04 Å². The van der Waals surface area contributed by atoms with Gasteiger partial charge in [-0.25, -0.2) is 4.68 Å². The molecule has 0 bridgehead atoms. The molecule has 4 heteroatoms. The highest BCUT2D eigenvalue weighted by molar-refractivity contribution is 5.73. The van der Waals surface area contributed by atoms with Gasteiger partial charge in [0.05, 0.1) is 12.2 Å². The Morgan fingerprint density at radius 3 is 3.00 bits per heavy atom. The topological polar surface area (TPSA) is 55.9 Å². The summed E-state index contributed by atoms with van der Waals surface area (Å²) < 4.78 is 1.98. The van der Waals surface area contributed by atoms with Crippen molar-refractivity contribution < 1.29 is 0 Å². The number of hydrogen-bond acceptors (Lipinski definition) is 3. The number of nitrogens with zero attached hydrogens (tertiary/aromatic N) is 2. The summed E-state index contributed by atoms with van der Waals surface area (Å²) in [5.74, 6) is 0.852. The third kappa shape index (κ3) is 1.55. The molecule has 0 amide bonds. The molecule has 0 unspecified atom stereocenters. The van der Waals surface area contributed by atoms with Gasteiger partial charge in [-0.15, -0.1) is 0 Å². The van der Waals surface area contributed by atoms with E-state index in [4.69, 9.17) is 5.73 Å². The number of nitrogens with two attached hydrogens (primary N) is 1. The number of rotatable bonds is 2. The molecule has 3 rings (SSSR count). The van der Waals surface area contributed by atoms with Gasteiger partial charge in [0.2, 0.25) is 0 Å². The molecule has 0 radical (unpaired) electrons. The molecule has 0 saturated heterocycles. The lowest BCUT2D eigenvalue weighted by atomic mass is 10.0. The van der Waals surface area contributed by atoms with Gasteiger partial charge in [-0.1, -0.05) is 6.08 Å². The van der Waals surface area contributed by atoms with Crippen molar-refractivity contribution in [2.24, 2.45) is 0 Å². The fraction of sp³-hybridized carbons (Fsp3) is 0.545. The van der Waals surface area contributed by atoms with Gasteiger partial charge in [0.1, 0.15) is 5.82 Å². The Labute approximate surface area is 89.1 Å². The van der Waals surface area contributed by atoms with Crippen molar-refractivity contribution in [3.8, 4) is 0 Å². The van der Waals surface area contributed by atoms with E-state index >= 15 is 0 Å². The molecule has 1 aromatic heterocycles. The van der Waals surface area contributed by atoms with Crippen LogP contribution in [-0.2, 0) is 0 Å². The van der Waals surface area contributed by atoms with Crippen LogP contribution < -0.4 is 11.1 Å². The SMILES string of the molecule is Nc1c(C2=CCNCC2)cnn1C1CC1. The van der Waals surface area contributed by atoms with Crippen molar-refractivity contribution in [2.45, 2.75) is 25.3 Å². The molecule has 3 N–H and O–H groups in total. The Bertz CT molecular complexity index is 401. The summed E-state index contributed by atoms with van der Waals surface area (Å²) in [7, 11) is 0. The fourth-order valence-electron chi connectivity index (χ4n) is 2.10. The van der Waals surface area contributed by atoms with Crippen LogP contribution in [0.1, 0.15) is 30.9 Å². The van der Waals surface area contributed by atoms with Gasteiger partial charge in [0.15, 0.2) is 0 Å². The highest BCUT2D eigenvalue weighted by Gasteiger charge is 2.27. The van der Waals surface area contributed by atoms with E-state index in [-0.39, 0.29) is 0 Å². The van der Waals surface area contributed by atoms with E-state index < -0.39 is 0 Å². The van der Waals surface area contributed by atoms with Crippen molar-refractivity contribution in [3.63, 3.8) is 0 Å². The highest BCUT2D eigenvalue weighted by Crippen LogP contribution is 2.38. The lowest BCUT2D eigenvalue weighted by Gasteiger charge is -2.13. The number of nitrogen functional groups attached to an aromatic ring is 1. The maximum absolute atomic E-state index is 6.11. The van der Waals surface area contributed by atoms with Gasteiger partial charge in [0.25, 0.3) is 0 Å². The van der Waals surface area contributed by atoms with Crippen LogP contribution in [0.2, 0.25) is 0 Å². The van der Waals surface area contributed by atoms with Crippen molar-refractivity contribution in [2.75, 3.05) is 18.8 Å². The van der Waals surface area contributed by atoms with Crippen LogP contribution in [0.5, 0.6) is 0 Å². The van der Waals surface area contributed by atoms with Gasteiger partial charge in [-0.05, 0) is 31.4 Å². The van der Waals surface area contributed by atoms with Crippen molar-refractivity contribution in [1.29, 1.82) is 0 Å². The second-order valence-corrected chi connectivity index (χ2v) is 4.30. The molecule has 0 spiro atoms. The van der Waals surface area contributed by atoms with Crippen molar-refractivity contribution in [1.82, 2.24) is 15.1 Å². The van der Waals surface area contributed by atoms with Crippen LogP contribution in [0.3, 0.4) is 0 Å². The first kappa shape index (κ1) is 8.97. The quantitative estimate of drug-likeness (QED) is 0.760. The lowest BCUT2D eigenvalue weighted by Crippen LogP contribution is -2.20. The molecule has 0 atom stereocenters. The maximum atomic E-state index is 6.11. The molecule has 0 aromatic carbocycles. The predicted octanol–water partition coefficient (Wildman–Crippen LogP) is 1.18. The third-order valence-corrected chi connectivity index (χ3v) is 3.14. The van der Waals surface area contributed by atoms with Crippen LogP contribution in [0.25, 0.3) is 5.57 Å². The van der Waals surface area contributed by atoms with Gasteiger partial charge in [0, 0.05) is 12.1 Å². The first-order valence-electron chi connectivity index (χ1n) is 5.59. The van der Waals surface area contributed by atoms with Gasteiger partial charge in [-0.3, -0.25) is 0 Å². The summed E-state index contributed by atoms with van der Waals surface area (Å²) in [6.07, 6.45) is 7.65. The summed E-state index contributed by atoms with van der Waals surface area (Å²) >= 11 is 0. The van der Waals surface area contributed by atoms with E-state index in [2.05, 4.69) is 16.5 Å². The van der Waals surface area contributed by atoms with E-state index in [9.17, 15) is 0 Å². The number of anilines is 1. The molecule has 1 saturated carbocycles. The molecule has 1 fully saturated rings. The first-order valence-corrected chi connectivity index (χ1v) is 5.59. The van der Waals surface area contributed by atoms with Gasteiger partial charge in [-0.2, -0.15) is 5.10 Å². The Morgan fingerprint density at radius 1 is 1.47 bits per heavy atom. The van der Waals surface area contributed by atoms with E-state index in [1.165, 1.54) is 18.4 Å². The van der Waals surface area contributed by atoms with E-state index in [0.717, 1.165) is 30.9 Å². The van der Waals surface area contributed by atoms with Gasteiger partial charge < -0.3 is 11.1 Å². The first-order chi connectivity index (χ1) is 7.36. The minimum Gasteiger partial charge on any atom is -0.383 e. The van der Waals surface area contributed by atoms with Crippen molar-refractivity contribution in [3.05, 3.63) is 17.8 Å². The van der Waals surface area contributed by atoms with E-state index in [1.807, 2.05) is 10.9 Å². The van der Waals surface area contributed by atoms with Gasteiger partial charge >= 0.3 is 0 Å². The molecule has 80 valence electrons. The predicted molar refractivity (Wildman–Crippen MR) is 60.4 cm³/mol. The molecule has 15 heavy (non-hydrogen) atoms. The highest BCUT2D eigenvalue weighted by atomic mass is 15.3. The number of nitrogens with one attached hydrogen (secondary N) is 1. The Morgan fingerprint density at radius 2 is 2.33 bits per heavy atom. The van der Waals surface area contributed by atoms with Crippen LogP contribution >= 0.6 is 0 Å². The Kier molecular flexibility index (Phi) is 2.02. The third-order valence-electron chi connectivity index (χ3n) is 3.14. The summed E-state index contributed by atoms with van der Waals surface area (Å²) in [5.41, 5.74) is 8.60. The average Bonchev–Trinajstić information content (AvgIpc) is 3.04. The van der Waals surface area contributed by atoms with Crippen LogP contribution in [0, 0.1) is 0 Å². The molecule has 2 heterocycles. The Balaban J connectivity index is 1.93. The maximum Gasteiger partial charge on any atom is 0.129 e. The molecule has 1 aliphatic heterocycles. The normalized spacial score (nSPS) is 21.5. The minimum absolute atomic E-state index is 0.570. The summed E-state index contributed by atoms with van der Waals surface area (Å²) in [5, 5.41) is 7.68. The smallest absolute Gasteiger partial charge is 0.129 e. The summed E-state index contributed by atoms with van der Waals surface area (Å²) in [6.45, 7) is 1.99. The zero-order chi connectivity index (χ0) is 10.3. The number of hydrogen-bond donors (Lipinski definition) is 2. The zero-order valence-electron chi connectivity index (χ0n) is 8.74. The second kappa shape index (κ2) is 3.38. The molecule has 1 aromatic rings. The fourth-order valence-corrected chi connectivity index (χ4v) is 2.10. The van der Waals surface area contributed by atoms with E-state index in [1.54, 1.807) is 0 Å². The second-order valence-electron chi connectivity index (χ2n) is 4.30. The summed E-state index contributed by atoms with van der Waals surface area (Å²) in [6, 6.07) is 0.570. The molecule has 1 aliphatic carbocycles. The van der Waals surface area contributed by atoms with Crippen LogP contribution in [0.15, 0.2) is 12.3 Å². The number of aromatic nitrogens is 2. The van der Waals surface area contributed by atoms with Crippen LogP contribution in [-0.4, -0.2) is 22.9 Å². The molecular formula is C11H16N4.